The molecule has 2 fully saturated rings. The molecule has 0 heterocycles. The molecule has 4 N–H and O–H groups in total. The van der Waals surface area contributed by atoms with Gasteiger partial charge in [0.1, 0.15) is 5.75 Å². The summed E-state index contributed by atoms with van der Waals surface area (Å²) in [5.74, 6) is 7.65. The molecule has 1 aromatic carbocycles. The molecule has 4 nitrogen and oxygen atoms in total. The van der Waals surface area contributed by atoms with Gasteiger partial charge in [0.05, 0.1) is 12.7 Å². The molecule has 0 radical (unpaired) electrons. The first kappa shape index (κ1) is 15.4. The molecule has 23 heavy (non-hydrogen) atoms. The summed E-state index contributed by atoms with van der Waals surface area (Å²) in [5, 5.41) is 20.4. The molecule has 0 spiro atoms. The number of hydrogen-bond donors (Lipinski definition) is 3. The molecule has 4 unspecified atom stereocenters. The van der Waals surface area contributed by atoms with Crippen molar-refractivity contribution in [3.63, 3.8) is 0 Å². The Kier molecular flexibility index (Phi) is 3.67. The summed E-state index contributed by atoms with van der Waals surface area (Å²) < 4.78 is 0. The van der Waals surface area contributed by atoms with Gasteiger partial charge in [-0.15, -0.1) is 0 Å². The molecule has 1 aromatic rings. The van der Waals surface area contributed by atoms with Gasteiger partial charge in [0.15, 0.2) is 0 Å². The van der Waals surface area contributed by atoms with Gasteiger partial charge in [0.25, 0.3) is 0 Å². The fourth-order valence-corrected chi connectivity index (χ4v) is 5.96. The minimum atomic E-state index is -0.154. The molecular weight excluding hydrogens is 290 g/mol. The van der Waals surface area contributed by atoms with Crippen LogP contribution in [0.5, 0.6) is 5.75 Å². The second kappa shape index (κ2) is 5.47. The lowest BCUT2D eigenvalue weighted by molar-refractivity contribution is -0.0283. The largest absolute Gasteiger partial charge is 0.508 e. The van der Waals surface area contributed by atoms with Crippen molar-refractivity contribution in [1.29, 1.82) is 0 Å². The molecule has 6 atom stereocenters. The van der Waals surface area contributed by atoms with Gasteiger partial charge in [0, 0.05) is 5.92 Å². The van der Waals surface area contributed by atoms with Crippen molar-refractivity contribution < 1.29 is 15.1 Å². The number of nitrogens with two attached hydrogens (primary N) is 1. The Hall–Kier alpha value is -1.10. The standard InChI is InChI=1S/C19H27NO3/c1-19-7-6-14-13-3-2-12(21)9-15(13)11(10-23-20)8-16(14)17(19)4-5-18(19)22/h2-3,9,11,14,16-18,21-22H,4-8,10,20H2,1H3/t11-,14?,16?,17?,18?,19-/m0/s1. The number of aliphatic hydroxyl groups excluding tert-OH is 1. The van der Waals surface area contributed by atoms with E-state index in [1.807, 2.05) is 6.07 Å². The van der Waals surface area contributed by atoms with Crippen molar-refractivity contribution >= 4 is 0 Å². The molecule has 3 aliphatic rings. The third-order valence-electron chi connectivity index (χ3n) is 7.15. The maximum absolute atomic E-state index is 10.5. The summed E-state index contributed by atoms with van der Waals surface area (Å²) in [6.07, 6.45) is 5.18. The lowest BCUT2D eigenvalue weighted by Crippen LogP contribution is -2.44. The fourth-order valence-electron chi connectivity index (χ4n) is 5.96. The number of phenolic OH excluding ortho intramolecular Hbond substituents is 1. The Morgan fingerprint density at radius 3 is 2.87 bits per heavy atom. The third kappa shape index (κ3) is 2.23. The summed E-state index contributed by atoms with van der Waals surface area (Å²) in [5.41, 5.74) is 2.65. The predicted octanol–water partition coefficient (Wildman–Crippen LogP) is 3.04. The van der Waals surface area contributed by atoms with Gasteiger partial charge in [-0.3, -0.25) is 0 Å². The van der Waals surface area contributed by atoms with Crippen LogP contribution in [-0.4, -0.2) is 22.9 Å². The van der Waals surface area contributed by atoms with Crippen LogP contribution in [-0.2, 0) is 4.84 Å². The van der Waals surface area contributed by atoms with Gasteiger partial charge in [-0.25, -0.2) is 5.90 Å². The highest BCUT2D eigenvalue weighted by Gasteiger charge is 2.55. The van der Waals surface area contributed by atoms with Crippen molar-refractivity contribution in [2.24, 2.45) is 23.1 Å². The van der Waals surface area contributed by atoms with Crippen LogP contribution in [0.3, 0.4) is 0 Å². The van der Waals surface area contributed by atoms with Gasteiger partial charge < -0.3 is 15.1 Å². The van der Waals surface area contributed by atoms with Gasteiger partial charge in [0.2, 0.25) is 0 Å². The normalized spacial score (nSPS) is 42.0. The van der Waals surface area contributed by atoms with Crippen LogP contribution < -0.4 is 5.90 Å². The monoisotopic (exact) mass is 317 g/mol. The van der Waals surface area contributed by atoms with E-state index < -0.39 is 0 Å². The number of phenols is 1. The van der Waals surface area contributed by atoms with E-state index >= 15 is 0 Å². The van der Waals surface area contributed by atoms with Crippen molar-refractivity contribution in [2.75, 3.05) is 6.61 Å². The highest BCUT2D eigenvalue weighted by molar-refractivity contribution is 5.42. The molecule has 0 saturated heterocycles. The van der Waals surface area contributed by atoms with Crippen molar-refractivity contribution in [3.8, 4) is 5.75 Å². The van der Waals surface area contributed by atoms with E-state index in [0.717, 1.165) is 32.1 Å². The van der Waals surface area contributed by atoms with Crippen LogP contribution in [0.15, 0.2) is 18.2 Å². The smallest absolute Gasteiger partial charge is 0.115 e. The first-order valence-corrected chi connectivity index (χ1v) is 8.87. The van der Waals surface area contributed by atoms with Gasteiger partial charge >= 0.3 is 0 Å². The molecule has 0 bridgehead atoms. The van der Waals surface area contributed by atoms with Crippen molar-refractivity contribution in [2.45, 2.75) is 57.0 Å². The summed E-state index contributed by atoms with van der Waals surface area (Å²) in [7, 11) is 0. The van der Waals surface area contributed by atoms with E-state index in [4.69, 9.17) is 10.7 Å². The topological polar surface area (TPSA) is 75.7 Å². The lowest BCUT2D eigenvalue weighted by Gasteiger charge is -2.51. The molecule has 4 rings (SSSR count). The average Bonchev–Trinajstić information content (AvgIpc) is 2.83. The maximum atomic E-state index is 10.5. The molecule has 2 saturated carbocycles. The third-order valence-corrected chi connectivity index (χ3v) is 7.15. The Balaban J connectivity index is 1.74. The number of aromatic hydroxyl groups is 1. The molecule has 0 aliphatic heterocycles. The van der Waals surface area contributed by atoms with Crippen LogP contribution in [0, 0.1) is 17.3 Å². The molecule has 3 aliphatic carbocycles. The Bertz CT molecular complexity index is 604. The predicted molar refractivity (Wildman–Crippen MR) is 87.9 cm³/mol. The van der Waals surface area contributed by atoms with Crippen molar-refractivity contribution in [1.82, 2.24) is 0 Å². The number of aliphatic hydroxyl groups is 1. The van der Waals surface area contributed by atoms with Gasteiger partial charge in [-0.1, -0.05) is 13.0 Å². The fraction of sp³-hybridized carbons (Fsp3) is 0.684. The highest BCUT2D eigenvalue weighted by Crippen LogP contribution is 2.62. The molecule has 126 valence electrons. The average molecular weight is 317 g/mol. The molecule has 0 amide bonds. The molecule has 4 heteroatoms. The zero-order valence-corrected chi connectivity index (χ0v) is 13.7. The molecule has 0 aromatic heterocycles. The van der Waals surface area contributed by atoms with Crippen LogP contribution in [0.2, 0.25) is 0 Å². The second-order valence-corrected chi connectivity index (χ2v) is 8.09. The number of fused-ring (bicyclic) bond motifs is 5. The Morgan fingerprint density at radius 2 is 2.09 bits per heavy atom. The zero-order valence-electron chi connectivity index (χ0n) is 13.7. The van der Waals surface area contributed by atoms with E-state index in [1.54, 1.807) is 6.07 Å². The summed E-state index contributed by atoms with van der Waals surface area (Å²) in [6, 6.07) is 5.80. The summed E-state index contributed by atoms with van der Waals surface area (Å²) >= 11 is 0. The van der Waals surface area contributed by atoms with Crippen LogP contribution in [0.25, 0.3) is 0 Å². The molecular formula is C19H27NO3. The van der Waals surface area contributed by atoms with E-state index in [-0.39, 0.29) is 17.4 Å². The number of hydrogen-bond acceptors (Lipinski definition) is 4. The Morgan fingerprint density at radius 1 is 1.26 bits per heavy atom. The summed E-state index contributed by atoms with van der Waals surface area (Å²) in [4.78, 5) is 4.98. The second-order valence-electron chi connectivity index (χ2n) is 8.09. The minimum absolute atomic E-state index is 0.0731. The van der Waals surface area contributed by atoms with Crippen LogP contribution in [0.4, 0.5) is 0 Å². The first-order chi connectivity index (χ1) is 11.0. The minimum Gasteiger partial charge on any atom is -0.508 e. The maximum Gasteiger partial charge on any atom is 0.115 e. The van der Waals surface area contributed by atoms with E-state index in [0.29, 0.717) is 30.1 Å². The number of benzene rings is 1. The lowest BCUT2D eigenvalue weighted by atomic mass is 9.54. The van der Waals surface area contributed by atoms with Gasteiger partial charge in [-0.05, 0) is 78.5 Å². The zero-order chi connectivity index (χ0) is 16.2. The quantitative estimate of drug-likeness (QED) is 0.733. The number of rotatable bonds is 2. The van der Waals surface area contributed by atoms with Crippen molar-refractivity contribution in [3.05, 3.63) is 29.3 Å². The van der Waals surface area contributed by atoms with Crippen LogP contribution >= 0.6 is 0 Å². The van der Waals surface area contributed by atoms with E-state index in [9.17, 15) is 10.2 Å². The summed E-state index contributed by atoms with van der Waals surface area (Å²) in [6.45, 7) is 2.78. The first-order valence-electron chi connectivity index (χ1n) is 8.87. The van der Waals surface area contributed by atoms with Crippen LogP contribution in [0.1, 0.15) is 62.0 Å². The SMILES string of the molecule is C[C@]12CCC3c4ccc(O)cc4[C@H](CON)CC3C1CCC2O. The van der Waals surface area contributed by atoms with E-state index in [1.165, 1.54) is 11.1 Å². The Labute approximate surface area is 137 Å². The highest BCUT2D eigenvalue weighted by atomic mass is 16.6. The van der Waals surface area contributed by atoms with Gasteiger partial charge in [-0.2, -0.15) is 0 Å². The van der Waals surface area contributed by atoms with E-state index in [2.05, 4.69) is 13.0 Å².